The first-order chi connectivity index (χ1) is 14.8. The Morgan fingerprint density at radius 3 is 1.06 bits per heavy atom. The molecule has 0 aliphatic heterocycles. The maximum absolute atomic E-state index is 13.2. The van der Waals surface area contributed by atoms with Crippen molar-refractivity contribution < 1.29 is 67.0 Å². The van der Waals surface area contributed by atoms with Crippen molar-refractivity contribution in [3.05, 3.63) is 69.8 Å². The zero-order chi connectivity index (χ0) is 25.6. The van der Waals surface area contributed by atoms with E-state index in [4.69, 9.17) is 0 Å². The summed E-state index contributed by atoms with van der Waals surface area (Å²) in [5.74, 6) is -4.94. The third kappa shape index (κ3) is 5.57. The number of rotatable bonds is 2. The van der Waals surface area contributed by atoms with Crippen LogP contribution in [0.3, 0.4) is 0 Å². The molecule has 0 radical (unpaired) electrons. The van der Waals surface area contributed by atoms with Gasteiger partial charge in [0.05, 0.1) is 33.4 Å². The number of hydrogen-bond acceptors (Lipinski definition) is 3. The van der Waals surface area contributed by atoms with E-state index in [0.29, 0.717) is 12.1 Å². The minimum Gasteiger partial charge on any atom is -0.386 e. The summed E-state index contributed by atoms with van der Waals surface area (Å²) in [5.41, 5.74) is -13.7. The quantitative estimate of drug-likeness (QED) is 0.261. The number of carbonyl (C=O) groups excluding carboxylic acids is 2. The number of hydrogen-bond donors (Lipinski definition) is 0. The van der Waals surface area contributed by atoms with Gasteiger partial charge in [-0.15, -0.1) is 0 Å². The zero-order valence-corrected chi connectivity index (χ0v) is 15.2. The molecule has 2 aromatic carbocycles. The van der Waals surface area contributed by atoms with Crippen LogP contribution in [0.2, 0.25) is 0 Å². The van der Waals surface area contributed by atoms with Gasteiger partial charge in [0.15, 0.2) is 0 Å². The lowest BCUT2D eigenvalue weighted by molar-refractivity contribution is -0.162. The predicted octanol–water partition coefficient (Wildman–Crippen LogP) is 6.76. The maximum atomic E-state index is 13.2. The summed E-state index contributed by atoms with van der Waals surface area (Å²) in [6, 6.07) is 0.816. The fourth-order valence-electron chi connectivity index (χ4n) is 2.72. The number of halogens is 12. The number of benzene rings is 2. The summed E-state index contributed by atoms with van der Waals surface area (Å²) in [4.78, 5) is 24.0. The van der Waals surface area contributed by atoms with Crippen molar-refractivity contribution in [1.29, 1.82) is 0 Å². The summed E-state index contributed by atoms with van der Waals surface area (Å²) in [5, 5.41) is 0. The van der Waals surface area contributed by atoms with E-state index < -0.39 is 70.0 Å². The Labute approximate surface area is 174 Å². The Balaban J connectivity index is 2.60. The van der Waals surface area contributed by atoms with Crippen LogP contribution in [0.25, 0.3) is 0 Å². The van der Waals surface area contributed by atoms with Gasteiger partial charge in [0.25, 0.3) is 0 Å². The lowest BCUT2D eigenvalue weighted by Gasteiger charge is -2.19. The van der Waals surface area contributed by atoms with Crippen molar-refractivity contribution in [3.8, 4) is 0 Å². The Morgan fingerprint density at radius 2 is 0.818 bits per heavy atom. The molecule has 0 aromatic heterocycles. The van der Waals surface area contributed by atoms with E-state index in [2.05, 4.69) is 4.74 Å². The minimum absolute atomic E-state index is 0.0595. The standard InChI is InChI=1S/C18H6F12O3/c19-15(20,21)9-5-1-3-7(11(9)17(25,26)27)13(31)33-14(32)8-4-2-6-10(16(22,23)24)12(8)18(28,29)30/h1-6H. The van der Waals surface area contributed by atoms with Gasteiger partial charge in [0.2, 0.25) is 0 Å². The van der Waals surface area contributed by atoms with E-state index in [9.17, 15) is 62.3 Å². The second kappa shape index (κ2) is 8.26. The number of alkyl halides is 12. The van der Waals surface area contributed by atoms with Crippen LogP contribution >= 0.6 is 0 Å². The van der Waals surface area contributed by atoms with Crippen molar-refractivity contribution in [3.63, 3.8) is 0 Å². The molecular formula is C18H6F12O3. The first kappa shape index (κ1) is 26.0. The Hall–Kier alpha value is -3.26. The van der Waals surface area contributed by atoms with Crippen molar-refractivity contribution in [2.45, 2.75) is 24.7 Å². The fourth-order valence-corrected chi connectivity index (χ4v) is 2.72. The van der Waals surface area contributed by atoms with Crippen LogP contribution in [0.1, 0.15) is 43.0 Å². The fraction of sp³-hybridized carbons (Fsp3) is 0.222. The van der Waals surface area contributed by atoms with Gasteiger partial charge in [0.1, 0.15) is 0 Å². The lowest BCUT2D eigenvalue weighted by atomic mass is 9.99. The van der Waals surface area contributed by atoms with Crippen LogP contribution in [0.15, 0.2) is 36.4 Å². The van der Waals surface area contributed by atoms with E-state index in [-0.39, 0.29) is 24.3 Å². The first-order valence-corrected chi connectivity index (χ1v) is 8.07. The van der Waals surface area contributed by atoms with Gasteiger partial charge in [-0.1, -0.05) is 12.1 Å². The van der Waals surface area contributed by atoms with Crippen LogP contribution in [0.4, 0.5) is 52.7 Å². The van der Waals surface area contributed by atoms with E-state index in [1.807, 2.05) is 0 Å². The molecule has 0 N–H and O–H groups in total. The molecule has 0 aliphatic rings. The highest BCUT2D eigenvalue weighted by molar-refractivity contribution is 6.04. The third-order valence-corrected chi connectivity index (χ3v) is 3.93. The van der Waals surface area contributed by atoms with E-state index in [1.165, 1.54) is 0 Å². The number of ether oxygens (including phenoxy) is 1. The summed E-state index contributed by atoms with van der Waals surface area (Å²) >= 11 is 0. The van der Waals surface area contributed by atoms with Crippen molar-refractivity contribution in [2.24, 2.45) is 0 Å². The van der Waals surface area contributed by atoms with E-state index in [0.717, 1.165) is 0 Å². The zero-order valence-electron chi connectivity index (χ0n) is 15.2. The largest absolute Gasteiger partial charge is 0.417 e. The molecule has 2 aromatic rings. The third-order valence-electron chi connectivity index (χ3n) is 3.93. The highest BCUT2D eigenvalue weighted by Crippen LogP contribution is 2.44. The summed E-state index contributed by atoms with van der Waals surface area (Å²) in [7, 11) is 0. The van der Waals surface area contributed by atoms with Gasteiger partial charge in [-0.3, -0.25) is 0 Å². The average molecular weight is 498 g/mol. The Bertz CT molecular complexity index is 990. The molecule has 0 unspecified atom stereocenters. The van der Waals surface area contributed by atoms with Gasteiger partial charge in [-0.2, -0.15) is 52.7 Å². The highest BCUT2D eigenvalue weighted by Gasteiger charge is 2.48. The molecule has 0 bridgehead atoms. The van der Waals surface area contributed by atoms with Crippen LogP contribution in [0, 0.1) is 0 Å². The molecule has 33 heavy (non-hydrogen) atoms. The molecule has 0 saturated heterocycles. The SMILES string of the molecule is O=C(OC(=O)c1cccc(C(F)(F)F)c1C(F)(F)F)c1cccc(C(F)(F)F)c1C(F)(F)F. The van der Waals surface area contributed by atoms with Crippen molar-refractivity contribution in [2.75, 3.05) is 0 Å². The maximum Gasteiger partial charge on any atom is 0.417 e. The second-order valence-electron chi connectivity index (χ2n) is 6.12. The molecule has 0 atom stereocenters. The summed E-state index contributed by atoms with van der Waals surface area (Å²) in [6.45, 7) is 0. The molecule has 180 valence electrons. The topological polar surface area (TPSA) is 43.4 Å². The molecule has 0 fully saturated rings. The first-order valence-electron chi connectivity index (χ1n) is 8.07. The van der Waals surface area contributed by atoms with Gasteiger partial charge in [-0.05, 0) is 24.3 Å². The summed E-state index contributed by atoms with van der Waals surface area (Å²) in [6.07, 6.45) is -23.0. The molecule has 0 amide bonds. The molecule has 15 heteroatoms. The molecule has 0 spiro atoms. The van der Waals surface area contributed by atoms with Crippen LogP contribution < -0.4 is 0 Å². The van der Waals surface area contributed by atoms with Crippen LogP contribution in [-0.2, 0) is 29.4 Å². The normalized spacial score (nSPS) is 13.1. The Morgan fingerprint density at radius 1 is 0.515 bits per heavy atom. The van der Waals surface area contributed by atoms with Gasteiger partial charge < -0.3 is 4.74 Å². The average Bonchev–Trinajstić information content (AvgIpc) is 2.63. The lowest BCUT2D eigenvalue weighted by Crippen LogP contribution is -2.25. The molecule has 0 saturated carbocycles. The van der Waals surface area contributed by atoms with Crippen molar-refractivity contribution in [1.82, 2.24) is 0 Å². The predicted molar refractivity (Wildman–Crippen MR) is 82.6 cm³/mol. The smallest absolute Gasteiger partial charge is 0.386 e. The second-order valence-corrected chi connectivity index (χ2v) is 6.12. The van der Waals surface area contributed by atoms with Gasteiger partial charge in [-0.25, -0.2) is 9.59 Å². The molecular weight excluding hydrogens is 492 g/mol. The van der Waals surface area contributed by atoms with E-state index in [1.54, 1.807) is 0 Å². The monoisotopic (exact) mass is 498 g/mol. The number of esters is 2. The van der Waals surface area contributed by atoms with Gasteiger partial charge >= 0.3 is 36.6 Å². The highest BCUT2D eigenvalue weighted by atomic mass is 19.4. The molecule has 3 nitrogen and oxygen atoms in total. The number of carbonyl (C=O) groups is 2. The molecule has 2 rings (SSSR count). The summed E-state index contributed by atoms with van der Waals surface area (Å²) < 4.78 is 161. The van der Waals surface area contributed by atoms with Gasteiger partial charge in [0, 0.05) is 0 Å². The van der Waals surface area contributed by atoms with Crippen LogP contribution in [-0.4, -0.2) is 11.9 Å². The van der Waals surface area contributed by atoms with E-state index >= 15 is 0 Å². The Kier molecular flexibility index (Phi) is 6.51. The molecule has 0 heterocycles. The molecule has 0 aliphatic carbocycles. The van der Waals surface area contributed by atoms with Crippen LogP contribution in [0.5, 0.6) is 0 Å². The van der Waals surface area contributed by atoms with Crippen molar-refractivity contribution >= 4 is 11.9 Å². The minimum atomic E-state index is -5.84.